The van der Waals surface area contributed by atoms with Gasteiger partial charge in [-0.25, -0.2) is 0 Å². The van der Waals surface area contributed by atoms with Crippen LogP contribution in [-0.2, 0) is 22.3 Å². The molecule has 0 saturated carbocycles. The Morgan fingerprint density at radius 1 is 1.14 bits per heavy atom. The molecule has 2 heterocycles. The summed E-state index contributed by atoms with van der Waals surface area (Å²) in [5.41, 5.74) is 2.75. The second-order valence-electron chi connectivity index (χ2n) is 7.81. The Hall–Kier alpha value is -0.860. The maximum Gasteiger partial charge on any atom is 0.193 e. The van der Waals surface area contributed by atoms with Crippen molar-refractivity contribution in [1.29, 1.82) is 0 Å². The van der Waals surface area contributed by atoms with E-state index in [9.17, 15) is 0 Å². The van der Waals surface area contributed by atoms with Gasteiger partial charge < -0.3 is 19.7 Å². The number of likely N-dealkylation sites (tertiary alicyclic amines) is 1. The first-order chi connectivity index (χ1) is 13.8. The van der Waals surface area contributed by atoms with E-state index in [1.54, 1.807) is 0 Å². The average molecular weight is 515 g/mol. The zero-order valence-electron chi connectivity index (χ0n) is 18.1. The molecule has 1 N–H and O–H groups in total. The van der Waals surface area contributed by atoms with Gasteiger partial charge in [0, 0.05) is 32.8 Å². The summed E-state index contributed by atoms with van der Waals surface area (Å²) in [7, 11) is 0. The number of aryl methyl sites for hydroxylation is 1. The van der Waals surface area contributed by atoms with Gasteiger partial charge in [-0.3, -0.25) is 4.99 Å². The number of nitrogens with zero attached hydrogens (tertiary/aromatic N) is 2. The summed E-state index contributed by atoms with van der Waals surface area (Å²) in [5.74, 6) is 1.05. The van der Waals surface area contributed by atoms with Gasteiger partial charge in [0.15, 0.2) is 5.96 Å². The molecule has 1 aromatic rings. The van der Waals surface area contributed by atoms with E-state index in [0.29, 0.717) is 12.2 Å². The Kier molecular flexibility index (Phi) is 11.3. The van der Waals surface area contributed by atoms with Gasteiger partial charge in [-0.1, -0.05) is 31.2 Å². The third-order valence-electron chi connectivity index (χ3n) is 5.71. The van der Waals surface area contributed by atoms with E-state index < -0.39 is 0 Å². The molecule has 0 spiro atoms. The van der Waals surface area contributed by atoms with Crippen molar-refractivity contribution in [3.63, 3.8) is 0 Å². The molecule has 0 aliphatic carbocycles. The SMILES string of the molecule is CCNC(=NCCc1ccc(CC)cc1)N1CCC(OCC2CCCO2)CC1.I. The zero-order chi connectivity index (χ0) is 19.6. The number of hydrogen-bond donors (Lipinski definition) is 1. The first kappa shape index (κ1) is 24.4. The van der Waals surface area contributed by atoms with Crippen LogP contribution in [0.5, 0.6) is 0 Å². The number of benzene rings is 1. The first-order valence-corrected chi connectivity index (χ1v) is 11.1. The number of aliphatic imine (C=N–C) groups is 1. The van der Waals surface area contributed by atoms with E-state index in [-0.39, 0.29) is 24.0 Å². The minimum Gasteiger partial charge on any atom is -0.376 e. The monoisotopic (exact) mass is 515 g/mol. The summed E-state index contributed by atoms with van der Waals surface area (Å²) in [5, 5.41) is 3.46. The number of nitrogens with one attached hydrogen (secondary N) is 1. The fraction of sp³-hybridized carbons (Fsp3) is 0.696. The van der Waals surface area contributed by atoms with E-state index in [0.717, 1.165) is 77.5 Å². The first-order valence-electron chi connectivity index (χ1n) is 11.1. The van der Waals surface area contributed by atoms with Crippen molar-refractivity contribution in [3.05, 3.63) is 35.4 Å². The van der Waals surface area contributed by atoms with Crippen LogP contribution in [0.2, 0.25) is 0 Å². The molecule has 164 valence electrons. The number of halogens is 1. The lowest BCUT2D eigenvalue weighted by Crippen LogP contribution is -2.47. The molecule has 5 nitrogen and oxygen atoms in total. The van der Waals surface area contributed by atoms with Crippen molar-refractivity contribution in [3.8, 4) is 0 Å². The van der Waals surface area contributed by atoms with E-state index in [1.165, 1.54) is 17.5 Å². The third-order valence-corrected chi connectivity index (χ3v) is 5.71. The van der Waals surface area contributed by atoms with Gasteiger partial charge in [0.25, 0.3) is 0 Å². The second-order valence-corrected chi connectivity index (χ2v) is 7.81. The summed E-state index contributed by atoms with van der Waals surface area (Å²) < 4.78 is 11.8. The number of rotatable bonds is 8. The molecule has 29 heavy (non-hydrogen) atoms. The van der Waals surface area contributed by atoms with E-state index in [2.05, 4.69) is 48.3 Å². The van der Waals surface area contributed by atoms with Gasteiger partial charge >= 0.3 is 0 Å². The lowest BCUT2D eigenvalue weighted by Gasteiger charge is -2.34. The van der Waals surface area contributed by atoms with Crippen molar-refractivity contribution in [1.82, 2.24) is 10.2 Å². The summed E-state index contributed by atoms with van der Waals surface area (Å²) in [4.78, 5) is 7.26. The molecule has 2 saturated heterocycles. The van der Waals surface area contributed by atoms with Crippen LogP contribution in [0.4, 0.5) is 0 Å². The Labute approximate surface area is 193 Å². The molecular formula is C23H38IN3O2. The molecule has 3 rings (SSSR count). The van der Waals surface area contributed by atoms with Crippen LogP contribution in [0.3, 0.4) is 0 Å². The molecule has 1 atom stereocenters. The van der Waals surface area contributed by atoms with Gasteiger partial charge in [-0.15, -0.1) is 24.0 Å². The number of piperidine rings is 1. The van der Waals surface area contributed by atoms with Gasteiger partial charge in [-0.2, -0.15) is 0 Å². The zero-order valence-corrected chi connectivity index (χ0v) is 20.4. The van der Waals surface area contributed by atoms with E-state index >= 15 is 0 Å². The Morgan fingerprint density at radius 2 is 1.86 bits per heavy atom. The summed E-state index contributed by atoms with van der Waals surface area (Å²) in [6, 6.07) is 8.92. The molecule has 6 heteroatoms. The van der Waals surface area contributed by atoms with Crippen LogP contribution in [0, 0.1) is 0 Å². The molecule has 2 fully saturated rings. The molecule has 0 bridgehead atoms. The molecule has 0 amide bonds. The van der Waals surface area contributed by atoms with Crippen LogP contribution in [0.25, 0.3) is 0 Å². The van der Waals surface area contributed by atoms with Crippen molar-refractivity contribution >= 4 is 29.9 Å². The van der Waals surface area contributed by atoms with Gasteiger partial charge in [0.05, 0.1) is 18.8 Å². The molecule has 2 aliphatic rings. The summed E-state index contributed by atoms with van der Waals surface area (Å²) >= 11 is 0. The van der Waals surface area contributed by atoms with Gasteiger partial charge in [0.2, 0.25) is 0 Å². The highest BCUT2D eigenvalue weighted by Crippen LogP contribution is 2.18. The van der Waals surface area contributed by atoms with Crippen molar-refractivity contribution in [2.75, 3.05) is 39.4 Å². The van der Waals surface area contributed by atoms with Crippen LogP contribution < -0.4 is 5.32 Å². The van der Waals surface area contributed by atoms with Crippen molar-refractivity contribution < 1.29 is 9.47 Å². The fourth-order valence-corrected chi connectivity index (χ4v) is 3.91. The standard InChI is InChI=1S/C23H37N3O2.HI/c1-3-19-7-9-20(10-8-19)11-14-25-23(24-4-2)26-15-12-21(13-16-26)28-18-22-6-5-17-27-22;/h7-10,21-22H,3-6,11-18H2,1-2H3,(H,24,25);1H. The maximum atomic E-state index is 6.10. The van der Waals surface area contributed by atoms with Gasteiger partial charge in [0.1, 0.15) is 0 Å². The summed E-state index contributed by atoms with van der Waals surface area (Å²) in [6.45, 7) is 9.73. The minimum absolute atomic E-state index is 0. The quantitative estimate of drug-likeness (QED) is 0.323. The van der Waals surface area contributed by atoms with E-state index in [4.69, 9.17) is 14.5 Å². The third kappa shape index (κ3) is 8.06. The molecule has 2 aliphatic heterocycles. The van der Waals surface area contributed by atoms with Crippen molar-refractivity contribution in [2.24, 2.45) is 4.99 Å². The Bertz CT molecular complexity index is 595. The highest BCUT2D eigenvalue weighted by atomic mass is 127. The Morgan fingerprint density at radius 3 is 2.48 bits per heavy atom. The largest absolute Gasteiger partial charge is 0.376 e. The van der Waals surface area contributed by atoms with Crippen LogP contribution >= 0.6 is 24.0 Å². The highest BCUT2D eigenvalue weighted by Gasteiger charge is 2.24. The molecular weight excluding hydrogens is 477 g/mol. The number of guanidine groups is 1. The number of hydrogen-bond acceptors (Lipinski definition) is 3. The lowest BCUT2D eigenvalue weighted by molar-refractivity contribution is -0.0367. The second kappa shape index (κ2) is 13.4. The predicted octanol–water partition coefficient (Wildman–Crippen LogP) is 4.04. The smallest absolute Gasteiger partial charge is 0.193 e. The molecule has 1 aromatic carbocycles. The number of ether oxygens (including phenoxy) is 2. The maximum absolute atomic E-state index is 6.10. The molecule has 0 aromatic heterocycles. The molecule has 0 radical (unpaired) electrons. The van der Waals surface area contributed by atoms with Crippen LogP contribution in [0.1, 0.15) is 50.7 Å². The normalized spacial score (nSPS) is 20.6. The Balaban J connectivity index is 0.00000300. The fourth-order valence-electron chi connectivity index (χ4n) is 3.91. The highest BCUT2D eigenvalue weighted by molar-refractivity contribution is 14.0. The average Bonchev–Trinajstić information content (AvgIpc) is 3.26. The lowest BCUT2D eigenvalue weighted by atomic mass is 10.1. The van der Waals surface area contributed by atoms with Crippen LogP contribution in [-0.4, -0.2) is 62.5 Å². The molecule has 1 unspecified atom stereocenters. The van der Waals surface area contributed by atoms with Crippen molar-refractivity contribution in [2.45, 2.75) is 64.6 Å². The van der Waals surface area contributed by atoms with Crippen LogP contribution in [0.15, 0.2) is 29.3 Å². The minimum atomic E-state index is 0. The topological polar surface area (TPSA) is 46.1 Å². The summed E-state index contributed by atoms with van der Waals surface area (Å²) in [6.07, 6.45) is 7.22. The van der Waals surface area contributed by atoms with Gasteiger partial charge in [-0.05, 0) is 56.6 Å². The predicted molar refractivity (Wildman–Crippen MR) is 130 cm³/mol. The van der Waals surface area contributed by atoms with E-state index in [1.807, 2.05) is 0 Å².